The van der Waals surface area contributed by atoms with E-state index in [-0.39, 0.29) is 5.75 Å². The van der Waals surface area contributed by atoms with Crippen molar-refractivity contribution in [3.63, 3.8) is 0 Å². The highest BCUT2D eigenvalue weighted by Gasteiger charge is 2.28. The Balaban J connectivity index is 2.01. The van der Waals surface area contributed by atoms with E-state index in [1.54, 1.807) is 13.0 Å². The summed E-state index contributed by atoms with van der Waals surface area (Å²) >= 11 is 0. The maximum atomic E-state index is 11.9. The summed E-state index contributed by atoms with van der Waals surface area (Å²) in [7, 11) is -3.09. The molecule has 0 aliphatic carbocycles. The van der Waals surface area contributed by atoms with E-state index in [0.29, 0.717) is 4.90 Å². The number of benzene rings is 1. The zero-order valence-electron chi connectivity index (χ0n) is 12.0. The van der Waals surface area contributed by atoms with Gasteiger partial charge in [-0.05, 0) is 29.5 Å². The van der Waals surface area contributed by atoms with E-state index < -0.39 is 9.84 Å². The topological polar surface area (TPSA) is 37.4 Å². The van der Waals surface area contributed by atoms with E-state index in [9.17, 15) is 8.42 Å². The maximum Gasteiger partial charge on any atom is 0.178 e. The molecule has 0 radical (unpaired) electrons. The zero-order chi connectivity index (χ0) is 14.0. The molecular formula is C15H23NO2S. The van der Waals surface area contributed by atoms with Gasteiger partial charge < -0.3 is 0 Å². The molecule has 1 aliphatic rings. The van der Waals surface area contributed by atoms with Gasteiger partial charge in [0.05, 0.1) is 10.6 Å². The summed E-state index contributed by atoms with van der Waals surface area (Å²) in [6.07, 6.45) is 0. The van der Waals surface area contributed by atoms with Crippen LogP contribution in [-0.4, -0.2) is 32.2 Å². The van der Waals surface area contributed by atoms with Crippen LogP contribution >= 0.6 is 0 Å². The summed E-state index contributed by atoms with van der Waals surface area (Å²) in [5, 5.41) is 0. The third-order valence-electron chi connectivity index (χ3n) is 3.97. The van der Waals surface area contributed by atoms with Gasteiger partial charge in [0.2, 0.25) is 0 Å². The molecule has 0 spiro atoms. The lowest BCUT2D eigenvalue weighted by atomic mass is 9.88. The van der Waals surface area contributed by atoms with Crippen LogP contribution in [0, 0.1) is 11.8 Å². The van der Waals surface area contributed by atoms with Crippen LogP contribution in [0.1, 0.15) is 26.3 Å². The Morgan fingerprint density at radius 3 is 2.58 bits per heavy atom. The van der Waals surface area contributed by atoms with Crippen molar-refractivity contribution in [1.29, 1.82) is 0 Å². The minimum Gasteiger partial charge on any atom is -0.298 e. The summed E-state index contributed by atoms with van der Waals surface area (Å²) in [5.41, 5.74) is 1.09. The number of nitrogens with zero attached hydrogens (tertiary/aromatic N) is 1. The van der Waals surface area contributed by atoms with Gasteiger partial charge in [-0.1, -0.05) is 32.9 Å². The standard InChI is InChI=1S/C15H23NO2S/c1-4-19(17,18)15-7-5-6-13(8-15)9-16-10-14(11-16)12(2)3/h5-8,12,14H,4,9-11H2,1-3H3. The van der Waals surface area contributed by atoms with Crippen LogP contribution < -0.4 is 0 Å². The molecule has 2 rings (SSSR count). The lowest BCUT2D eigenvalue weighted by Crippen LogP contribution is -2.48. The van der Waals surface area contributed by atoms with Crippen molar-refractivity contribution in [2.45, 2.75) is 32.2 Å². The van der Waals surface area contributed by atoms with Crippen molar-refractivity contribution in [2.75, 3.05) is 18.8 Å². The number of rotatable bonds is 5. The maximum absolute atomic E-state index is 11.9. The van der Waals surface area contributed by atoms with Crippen molar-refractivity contribution in [1.82, 2.24) is 4.90 Å². The van der Waals surface area contributed by atoms with Crippen LogP contribution in [0.3, 0.4) is 0 Å². The minimum atomic E-state index is -3.09. The van der Waals surface area contributed by atoms with Crippen molar-refractivity contribution >= 4 is 9.84 Å². The predicted molar refractivity (Wildman–Crippen MR) is 77.8 cm³/mol. The molecule has 0 unspecified atom stereocenters. The van der Waals surface area contributed by atoms with Crippen LogP contribution in [0.5, 0.6) is 0 Å². The van der Waals surface area contributed by atoms with E-state index in [1.165, 1.54) is 0 Å². The fourth-order valence-corrected chi connectivity index (χ4v) is 3.37. The smallest absolute Gasteiger partial charge is 0.178 e. The summed E-state index contributed by atoms with van der Waals surface area (Å²) in [6, 6.07) is 7.37. The van der Waals surface area contributed by atoms with Gasteiger partial charge in [0.25, 0.3) is 0 Å². The molecule has 0 bridgehead atoms. The number of hydrogen-bond donors (Lipinski definition) is 0. The molecular weight excluding hydrogens is 258 g/mol. The molecule has 106 valence electrons. The second-order valence-corrected chi connectivity index (χ2v) is 8.03. The molecule has 1 aromatic carbocycles. The third-order valence-corrected chi connectivity index (χ3v) is 5.70. The minimum absolute atomic E-state index is 0.162. The first-order chi connectivity index (χ1) is 8.92. The van der Waals surface area contributed by atoms with Gasteiger partial charge in [-0.3, -0.25) is 4.90 Å². The molecule has 1 fully saturated rings. The fraction of sp³-hybridized carbons (Fsp3) is 0.600. The molecule has 0 amide bonds. The van der Waals surface area contributed by atoms with E-state index in [0.717, 1.165) is 37.0 Å². The Morgan fingerprint density at radius 2 is 2.00 bits per heavy atom. The van der Waals surface area contributed by atoms with Crippen molar-refractivity contribution in [2.24, 2.45) is 11.8 Å². The van der Waals surface area contributed by atoms with Gasteiger partial charge in [0.1, 0.15) is 0 Å². The number of hydrogen-bond acceptors (Lipinski definition) is 3. The normalized spacial score (nSPS) is 17.7. The highest BCUT2D eigenvalue weighted by Crippen LogP contribution is 2.25. The zero-order valence-corrected chi connectivity index (χ0v) is 12.8. The van der Waals surface area contributed by atoms with E-state index in [1.807, 2.05) is 18.2 Å². The number of sulfone groups is 1. The molecule has 1 aliphatic heterocycles. The van der Waals surface area contributed by atoms with E-state index >= 15 is 0 Å². The third kappa shape index (κ3) is 3.37. The average molecular weight is 281 g/mol. The van der Waals surface area contributed by atoms with Crippen LogP contribution in [-0.2, 0) is 16.4 Å². The van der Waals surface area contributed by atoms with Gasteiger partial charge in [-0.2, -0.15) is 0 Å². The Kier molecular flexibility index (Phi) is 4.31. The van der Waals surface area contributed by atoms with E-state index in [4.69, 9.17) is 0 Å². The van der Waals surface area contributed by atoms with Crippen LogP contribution in [0.25, 0.3) is 0 Å². The summed E-state index contributed by atoms with van der Waals surface area (Å²) in [4.78, 5) is 2.83. The molecule has 4 heteroatoms. The second-order valence-electron chi connectivity index (χ2n) is 5.75. The molecule has 3 nitrogen and oxygen atoms in total. The second kappa shape index (κ2) is 5.63. The summed E-state index contributed by atoms with van der Waals surface area (Å²) in [5.74, 6) is 1.70. The first-order valence-corrected chi connectivity index (χ1v) is 8.61. The van der Waals surface area contributed by atoms with Crippen LogP contribution in [0.15, 0.2) is 29.2 Å². The molecule has 19 heavy (non-hydrogen) atoms. The van der Waals surface area contributed by atoms with Crippen molar-refractivity contribution < 1.29 is 8.42 Å². The Bertz CT molecular complexity index is 531. The van der Waals surface area contributed by atoms with Crippen LogP contribution in [0.2, 0.25) is 0 Å². The molecule has 0 aromatic heterocycles. The van der Waals surface area contributed by atoms with Gasteiger partial charge in [0.15, 0.2) is 9.84 Å². The van der Waals surface area contributed by atoms with Crippen LogP contribution in [0.4, 0.5) is 0 Å². The summed E-state index contributed by atoms with van der Waals surface area (Å²) in [6.45, 7) is 9.32. The Morgan fingerprint density at radius 1 is 1.32 bits per heavy atom. The molecule has 0 saturated carbocycles. The summed E-state index contributed by atoms with van der Waals surface area (Å²) < 4.78 is 23.7. The lowest BCUT2D eigenvalue weighted by molar-refractivity contribution is 0.0614. The molecule has 0 atom stereocenters. The fourth-order valence-electron chi connectivity index (χ4n) is 2.42. The highest BCUT2D eigenvalue weighted by molar-refractivity contribution is 7.91. The quantitative estimate of drug-likeness (QED) is 0.832. The largest absolute Gasteiger partial charge is 0.298 e. The lowest BCUT2D eigenvalue weighted by Gasteiger charge is -2.41. The first-order valence-electron chi connectivity index (χ1n) is 6.96. The van der Waals surface area contributed by atoms with Gasteiger partial charge in [-0.15, -0.1) is 0 Å². The molecule has 1 heterocycles. The Hall–Kier alpha value is -0.870. The van der Waals surface area contributed by atoms with Crippen molar-refractivity contribution in [3.05, 3.63) is 29.8 Å². The van der Waals surface area contributed by atoms with Gasteiger partial charge in [0, 0.05) is 19.6 Å². The molecule has 1 saturated heterocycles. The average Bonchev–Trinajstić information content (AvgIpc) is 2.33. The first kappa shape index (κ1) is 14.5. The van der Waals surface area contributed by atoms with E-state index in [2.05, 4.69) is 18.7 Å². The SMILES string of the molecule is CCS(=O)(=O)c1cccc(CN2CC(C(C)C)C2)c1. The predicted octanol–water partition coefficient (Wildman–Crippen LogP) is 2.57. The molecule has 1 aromatic rings. The van der Waals surface area contributed by atoms with Gasteiger partial charge >= 0.3 is 0 Å². The number of likely N-dealkylation sites (tertiary alicyclic amines) is 1. The van der Waals surface area contributed by atoms with Crippen molar-refractivity contribution in [3.8, 4) is 0 Å². The highest BCUT2D eigenvalue weighted by atomic mass is 32.2. The monoisotopic (exact) mass is 281 g/mol. The van der Waals surface area contributed by atoms with Gasteiger partial charge in [-0.25, -0.2) is 8.42 Å². The Labute approximate surface area is 116 Å². The molecule has 0 N–H and O–H groups in total.